The molecule has 29 heavy (non-hydrogen) atoms. The van der Waals surface area contributed by atoms with E-state index in [4.69, 9.17) is 9.47 Å². The summed E-state index contributed by atoms with van der Waals surface area (Å²) in [5.74, 6) is -0.295. The lowest BCUT2D eigenvalue weighted by molar-refractivity contribution is 0.102. The second-order valence-electron chi connectivity index (χ2n) is 6.34. The van der Waals surface area contributed by atoms with Crippen LogP contribution in [0.2, 0.25) is 0 Å². The Balaban J connectivity index is 1.72. The molecule has 1 aliphatic rings. The summed E-state index contributed by atoms with van der Waals surface area (Å²) in [7, 11) is 0. The van der Waals surface area contributed by atoms with E-state index in [1.54, 1.807) is 36.4 Å². The number of nitrogens with one attached hydrogen (secondary N) is 1. The average molecular weight is 456 g/mol. The van der Waals surface area contributed by atoms with E-state index in [9.17, 15) is 14.0 Å². The minimum atomic E-state index is -0.466. The van der Waals surface area contributed by atoms with Crippen molar-refractivity contribution < 1.29 is 23.5 Å². The van der Waals surface area contributed by atoms with Crippen molar-refractivity contribution >= 4 is 33.3 Å². The summed E-state index contributed by atoms with van der Waals surface area (Å²) in [5.41, 5.74) is 1.29. The van der Waals surface area contributed by atoms with E-state index >= 15 is 0 Å². The van der Waals surface area contributed by atoms with Gasteiger partial charge in [-0.15, -0.1) is 0 Å². The molecule has 3 aromatic rings. The molecule has 1 heterocycles. The molecule has 0 saturated heterocycles. The zero-order valence-corrected chi connectivity index (χ0v) is 16.7. The number of benzene rings is 3. The fraction of sp³-hybridized carbons (Fsp3) is 0.0909. The molecule has 0 aliphatic carbocycles. The molecule has 0 atom stereocenters. The van der Waals surface area contributed by atoms with Crippen molar-refractivity contribution in [2.24, 2.45) is 0 Å². The Morgan fingerprint density at radius 1 is 0.862 bits per heavy atom. The normalized spacial score (nSPS) is 12.3. The average Bonchev–Trinajstić information content (AvgIpc) is 2.73. The van der Waals surface area contributed by atoms with Crippen molar-refractivity contribution in [1.82, 2.24) is 0 Å². The van der Waals surface area contributed by atoms with Gasteiger partial charge in [-0.25, -0.2) is 4.39 Å². The third kappa shape index (κ3) is 4.14. The molecule has 0 radical (unpaired) electrons. The summed E-state index contributed by atoms with van der Waals surface area (Å²) >= 11 is 3.35. The summed E-state index contributed by atoms with van der Waals surface area (Å²) in [6.45, 7) is 0.749. The van der Waals surface area contributed by atoms with Crippen LogP contribution in [0.15, 0.2) is 65.1 Å². The summed E-state index contributed by atoms with van der Waals surface area (Å²) in [6.07, 6.45) is 0. The molecular formula is C22H15BrFNO4. The molecule has 3 aromatic carbocycles. The van der Waals surface area contributed by atoms with Crippen molar-refractivity contribution in [3.05, 3.63) is 87.6 Å². The number of amides is 1. The first kappa shape index (κ1) is 19.1. The zero-order chi connectivity index (χ0) is 20.4. The van der Waals surface area contributed by atoms with Gasteiger partial charge in [0.15, 0.2) is 17.3 Å². The number of carbonyl (C=O) groups is 2. The molecule has 7 heteroatoms. The highest BCUT2D eigenvalue weighted by molar-refractivity contribution is 9.10. The smallest absolute Gasteiger partial charge is 0.255 e. The van der Waals surface area contributed by atoms with Gasteiger partial charge >= 0.3 is 0 Å². The Hall–Kier alpha value is -3.19. The van der Waals surface area contributed by atoms with Crippen molar-refractivity contribution in [3.8, 4) is 11.5 Å². The van der Waals surface area contributed by atoms with Crippen LogP contribution in [-0.4, -0.2) is 24.9 Å². The van der Waals surface area contributed by atoms with E-state index in [1.807, 2.05) is 0 Å². The maximum atomic E-state index is 13.1. The second kappa shape index (κ2) is 8.05. The third-order valence-electron chi connectivity index (χ3n) is 4.39. The molecular weight excluding hydrogens is 441 g/mol. The SMILES string of the molecule is O=C(Nc1cc2c(cc1C(=O)c1ccc(Br)cc1)OCCO2)c1ccc(F)cc1. The van der Waals surface area contributed by atoms with E-state index in [0.717, 1.165) is 4.47 Å². The van der Waals surface area contributed by atoms with Crippen molar-refractivity contribution in [2.45, 2.75) is 0 Å². The minimum absolute atomic E-state index is 0.267. The molecule has 0 bridgehead atoms. The molecule has 4 rings (SSSR count). The third-order valence-corrected chi connectivity index (χ3v) is 4.92. The first-order chi connectivity index (χ1) is 14.0. The predicted octanol–water partition coefficient (Wildman–Crippen LogP) is 4.84. The second-order valence-corrected chi connectivity index (χ2v) is 7.25. The molecule has 5 nitrogen and oxygen atoms in total. The lowest BCUT2D eigenvalue weighted by Gasteiger charge is -2.21. The number of hydrogen-bond donors (Lipinski definition) is 1. The van der Waals surface area contributed by atoms with Crippen LogP contribution in [-0.2, 0) is 0 Å². The molecule has 0 fully saturated rings. The van der Waals surface area contributed by atoms with Crippen LogP contribution in [0.3, 0.4) is 0 Å². The Labute approximate surface area is 174 Å². The van der Waals surface area contributed by atoms with Gasteiger partial charge in [0, 0.05) is 21.7 Å². The number of rotatable bonds is 4. The number of anilines is 1. The van der Waals surface area contributed by atoms with Crippen LogP contribution in [0, 0.1) is 5.82 Å². The largest absolute Gasteiger partial charge is 0.486 e. The molecule has 0 saturated carbocycles. The molecule has 1 aliphatic heterocycles. The Kier molecular flexibility index (Phi) is 5.31. The first-order valence-corrected chi connectivity index (χ1v) is 9.61. The summed E-state index contributed by atoms with van der Waals surface area (Å²) in [6, 6.07) is 15.2. The van der Waals surface area contributed by atoms with E-state index in [0.29, 0.717) is 30.3 Å². The minimum Gasteiger partial charge on any atom is -0.486 e. The van der Waals surface area contributed by atoms with Gasteiger partial charge in [0.2, 0.25) is 0 Å². The molecule has 1 N–H and O–H groups in total. The van der Waals surface area contributed by atoms with Crippen LogP contribution in [0.25, 0.3) is 0 Å². The van der Waals surface area contributed by atoms with Gasteiger partial charge < -0.3 is 14.8 Å². The van der Waals surface area contributed by atoms with Crippen molar-refractivity contribution in [3.63, 3.8) is 0 Å². The van der Waals surface area contributed by atoms with Crippen molar-refractivity contribution in [1.29, 1.82) is 0 Å². The van der Waals surface area contributed by atoms with Gasteiger partial charge in [-0.05, 0) is 54.6 Å². The number of ketones is 1. The summed E-state index contributed by atoms with van der Waals surface area (Å²) in [5, 5.41) is 2.73. The van der Waals surface area contributed by atoms with Gasteiger partial charge in [-0.3, -0.25) is 9.59 Å². The molecule has 0 spiro atoms. The molecule has 0 unspecified atom stereocenters. The van der Waals surface area contributed by atoms with E-state index in [1.165, 1.54) is 24.3 Å². The quantitative estimate of drug-likeness (QED) is 0.571. The Morgan fingerprint density at radius 3 is 2.10 bits per heavy atom. The topological polar surface area (TPSA) is 64.6 Å². The van der Waals surface area contributed by atoms with Crippen LogP contribution in [0.5, 0.6) is 11.5 Å². The van der Waals surface area contributed by atoms with Gasteiger partial charge in [-0.1, -0.05) is 15.9 Å². The lowest BCUT2D eigenvalue weighted by atomic mass is 10.0. The van der Waals surface area contributed by atoms with Gasteiger partial charge in [-0.2, -0.15) is 0 Å². The number of fused-ring (bicyclic) bond motifs is 1. The Bertz CT molecular complexity index is 1080. The van der Waals surface area contributed by atoms with Gasteiger partial charge in [0.25, 0.3) is 5.91 Å². The van der Waals surface area contributed by atoms with E-state index in [2.05, 4.69) is 21.2 Å². The highest BCUT2D eigenvalue weighted by Crippen LogP contribution is 2.37. The van der Waals surface area contributed by atoms with Crippen molar-refractivity contribution in [2.75, 3.05) is 18.5 Å². The lowest BCUT2D eigenvalue weighted by Crippen LogP contribution is -2.19. The number of carbonyl (C=O) groups excluding carboxylic acids is 2. The maximum Gasteiger partial charge on any atom is 0.255 e. The number of halogens is 2. The maximum absolute atomic E-state index is 13.1. The van der Waals surface area contributed by atoms with Crippen LogP contribution in [0.4, 0.5) is 10.1 Å². The summed E-state index contributed by atoms with van der Waals surface area (Å²) in [4.78, 5) is 25.7. The first-order valence-electron chi connectivity index (χ1n) is 8.82. The molecule has 0 aromatic heterocycles. The molecule has 1 amide bonds. The van der Waals surface area contributed by atoms with Crippen LogP contribution in [0.1, 0.15) is 26.3 Å². The fourth-order valence-corrected chi connectivity index (χ4v) is 3.20. The number of hydrogen-bond acceptors (Lipinski definition) is 4. The van der Waals surface area contributed by atoms with E-state index in [-0.39, 0.29) is 22.6 Å². The fourth-order valence-electron chi connectivity index (χ4n) is 2.93. The highest BCUT2D eigenvalue weighted by atomic mass is 79.9. The number of ether oxygens (including phenoxy) is 2. The zero-order valence-electron chi connectivity index (χ0n) is 15.1. The predicted molar refractivity (Wildman–Crippen MR) is 109 cm³/mol. The van der Waals surface area contributed by atoms with Gasteiger partial charge in [0.05, 0.1) is 11.3 Å². The van der Waals surface area contributed by atoms with Crippen LogP contribution >= 0.6 is 15.9 Å². The molecule has 146 valence electrons. The van der Waals surface area contributed by atoms with Gasteiger partial charge in [0.1, 0.15) is 19.0 Å². The standard InChI is InChI=1S/C22H15BrFNO4/c23-15-5-1-13(2-6-15)21(26)17-11-19-20(29-10-9-28-19)12-18(17)25-22(27)14-3-7-16(24)8-4-14/h1-8,11-12H,9-10H2,(H,25,27). The highest BCUT2D eigenvalue weighted by Gasteiger charge is 2.22. The summed E-state index contributed by atoms with van der Waals surface area (Å²) < 4.78 is 25.2. The van der Waals surface area contributed by atoms with E-state index < -0.39 is 11.7 Å². The monoisotopic (exact) mass is 455 g/mol. The van der Waals surface area contributed by atoms with Crippen LogP contribution < -0.4 is 14.8 Å². The Morgan fingerprint density at radius 2 is 1.45 bits per heavy atom.